The van der Waals surface area contributed by atoms with E-state index in [0.717, 1.165) is 64.2 Å². The zero-order chi connectivity index (χ0) is 26.9. The van der Waals surface area contributed by atoms with Gasteiger partial charge in [0.15, 0.2) is 0 Å². The van der Waals surface area contributed by atoms with E-state index >= 15 is 0 Å². The predicted octanol–water partition coefficient (Wildman–Crippen LogP) is 7.60. The van der Waals surface area contributed by atoms with E-state index in [2.05, 4.69) is 48.5 Å². The smallest absolute Gasteiger partial charge is 0.312 e. The molecule has 206 valence electrons. The maximum absolute atomic E-state index is 13.8. The van der Waals surface area contributed by atoms with E-state index in [1.54, 1.807) is 14.2 Å². The summed E-state index contributed by atoms with van der Waals surface area (Å²) in [4.78, 5) is 27.1. The zero-order valence-electron chi connectivity index (χ0n) is 24.7. The van der Waals surface area contributed by atoms with Crippen LogP contribution in [0.3, 0.4) is 0 Å². The highest BCUT2D eigenvalue weighted by atomic mass is 16.6. The molecule has 0 aromatic heterocycles. The Labute approximate surface area is 216 Å². The first-order valence-corrected chi connectivity index (χ1v) is 14.4. The summed E-state index contributed by atoms with van der Waals surface area (Å²) >= 11 is 0. The average molecular weight is 497 g/mol. The van der Waals surface area contributed by atoms with E-state index in [0.29, 0.717) is 12.5 Å². The molecule has 0 radical (unpaired) electrons. The highest BCUT2D eigenvalue weighted by Crippen LogP contribution is 2.71. The van der Waals surface area contributed by atoms with Crippen LogP contribution in [0.4, 0.5) is 0 Å². The number of esters is 2. The lowest BCUT2D eigenvalue weighted by molar-refractivity contribution is -0.212. The van der Waals surface area contributed by atoms with E-state index in [4.69, 9.17) is 14.2 Å². The summed E-state index contributed by atoms with van der Waals surface area (Å²) in [7, 11) is 3.17. The van der Waals surface area contributed by atoms with Gasteiger partial charge in [-0.05, 0) is 73.5 Å². The molecule has 0 bridgehead atoms. The summed E-state index contributed by atoms with van der Waals surface area (Å²) in [6, 6.07) is 0. The van der Waals surface area contributed by atoms with Gasteiger partial charge in [0.25, 0.3) is 0 Å². The van der Waals surface area contributed by atoms with Crippen LogP contribution < -0.4 is 0 Å². The standard InChI is InChI=1S/C30H56O5/c1-11-24(12-2)29(17-7)18-19-30(29,26(32)34-10)22-27(13-3,14-4)28(15-5,16-6)23(8)25(31)35-21-20-33-9/h23-24H,11-22H2,1-10H3. The molecule has 5 nitrogen and oxygen atoms in total. The summed E-state index contributed by atoms with van der Waals surface area (Å²) in [6.07, 6.45) is 9.44. The van der Waals surface area contributed by atoms with Crippen molar-refractivity contribution in [3.8, 4) is 0 Å². The van der Waals surface area contributed by atoms with Crippen LogP contribution in [0.1, 0.15) is 120 Å². The Bertz CT molecular complexity index is 658. The second-order valence-electron chi connectivity index (χ2n) is 11.0. The zero-order valence-corrected chi connectivity index (χ0v) is 24.7. The maximum Gasteiger partial charge on any atom is 0.312 e. The molecular weight excluding hydrogens is 440 g/mol. The average Bonchev–Trinajstić information content (AvgIpc) is 2.88. The van der Waals surface area contributed by atoms with Crippen molar-refractivity contribution in [3.63, 3.8) is 0 Å². The second kappa shape index (κ2) is 13.4. The van der Waals surface area contributed by atoms with Gasteiger partial charge in [0.1, 0.15) is 6.61 Å². The van der Waals surface area contributed by atoms with Crippen molar-refractivity contribution in [2.24, 2.45) is 33.5 Å². The fourth-order valence-corrected chi connectivity index (χ4v) is 8.66. The van der Waals surface area contributed by atoms with Crippen LogP contribution in [0.25, 0.3) is 0 Å². The third-order valence-corrected chi connectivity index (χ3v) is 11.0. The SMILES string of the molecule is CCC(CC)C1(CC)CCC1(CC(CC)(CC)C(CC)(CC)C(C)C(=O)OCCOC)C(=O)OC. The summed E-state index contributed by atoms with van der Waals surface area (Å²) in [5.74, 6) is 0.0220. The molecule has 0 aromatic carbocycles. The molecule has 3 unspecified atom stereocenters. The number of hydrogen-bond acceptors (Lipinski definition) is 5. The molecule has 0 spiro atoms. The summed E-state index contributed by atoms with van der Waals surface area (Å²) < 4.78 is 16.4. The van der Waals surface area contributed by atoms with Crippen molar-refractivity contribution in [1.82, 2.24) is 0 Å². The molecule has 1 rings (SSSR count). The summed E-state index contributed by atoms with van der Waals surface area (Å²) in [5.41, 5.74) is -1.01. The minimum atomic E-state index is -0.505. The molecule has 0 heterocycles. The van der Waals surface area contributed by atoms with Crippen LogP contribution in [0.5, 0.6) is 0 Å². The van der Waals surface area contributed by atoms with E-state index in [9.17, 15) is 9.59 Å². The van der Waals surface area contributed by atoms with Crippen LogP contribution in [0.2, 0.25) is 0 Å². The Morgan fingerprint density at radius 2 is 1.43 bits per heavy atom. The number of methoxy groups -OCH3 is 2. The van der Waals surface area contributed by atoms with Crippen molar-refractivity contribution < 1.29 is 23.8 Å². The molecule has 0 N–H and O–H groups in total. The summed E-state index contributed by atoms with van der Waals surface area (Å²) in [6.45, 7) is 18.4. The third-order valence-electron chi connectivity index (χ3n) is 11.0. The molecular formula is C30H56O5. The van der Waals surface area contributed by atoms with Crippen LogP contribution in [0, 0.1) is 33.5 Å². The van der Waals surface area contributed by atoms with E-state index < -0.39 is 5.41 Å². The largest absolute Gasteiger partial charge is 0.469 e. The first-order valence-electron chi connectivity index (χ1n) is 14.4. The Morgan fingerprint density at radius 1 is 0.857 bits per heavy atom. The van der Waals surface area contributed by atoms with Gasteiger partial charge >= 0.3 is 11.9 Å². The molecule has 0 saturated heterocycles. The van der Waals surface area contributed by atoms with Gasteiger partial charge in [-0.15, -0.1) is 0 Å². The number of carbonyl (C=O) groups is 2. The van der Waals surface area contributed by atoms with Crippen molar-refractivity contribution >= 4 is 11.9 Å². The first kappa shape index (κ1) is 31.9. The molecule has 35 heavy (non-hydrogen) atoms. The minimum absolute atomic E-state index is 0.0415. The van der Waals surface area contributed by atoms with Crippen molar-refractivity contribution in [2.75, 3.05) is 27.4 Å². The quantitative estimate of drug-likeness (QED) is 0.153. The molecule has 1 saturated carbocycles. The Balaban J connectivity index is 3.69. The second-order valence-corrected chi connectivity index (χ2v) is 11.0. The molecule has 0 amide bonds. The number of rotatable bonds is 17. The highest BCUT2D eigenvalue weighted by molar-refractivity contribution is 5.79. The van der Waals surface area contributed by atoms with Crippen LogP contribution in [-0.2, 0) is 23.8 Å². The Hall–Kier alpha value is -1.10. The van der Waals surface area contributed by atoms with Gasteiger partial charge in [0.2, 0.25) is 0 Å². The van der Waals surface area contributed by atoms with Crippen LogP contribution in [-0.4, -0.2) is 39.4 Å². The van der Waals surface area contributed by atoms with E-state index in [1.807, 2.05) is 6.92 Å². The van der Waals surface area contributed by atoms with Gasteiger partial charge in [-0.3, -0.25) is 9.59 Å². The molecule has 1 fully saturated rings. The van der Waals surface area contributed by atoms with Gasteiger partial charge < -0.3 is 14.2 Å². The van der Waals surface area contributed by atoms with Crippen molar-refractivity contribution in [3.05, 3.63) is 0 Å². The molecule has 3 atom stereocenters. The number of carbonyl (C=O) groups excluding carboxylic acids is 2. The van der Waals surface area contributed by atoms with E-state index in [-0.39, 0.29) is 40.7 Å². The fourth-order valence-electron chi connectivity index (χ4n) is 8.66. The molecule has 1 aliphatic rings. The maximum atomic E-state index is 13.8. The topological polar surface area (TPSA) is 61.8 Å². The lowest BCUT2D eigenvalue weighted by Gasteiger charge is -2.65. The van der Waals surface area contributed by atoms with Crippen molar-refractivity contribution in [2.45, 2.75) is 120 Å². The molecule has 0 aliphatic heterocycles. The Morgan fingerprint density at radius 3 is 1.77 bits per heavy atom. The van der Waals surface area contributed by atoms with Gasteiger partial charge in [-0.2, -0.15) is 0 Å². The number of hydrogen-bond donors (Lipinski definition) is 0. The first-order chi connectivity index (χ1) is 16.6. The minimum Gasteiger partial charge on any atom is -0.469 e. The van der Waals surface area contributed by atoms with E-state index in [1.165, 1.54) is 0 Å². The number of ether oxygens (including phenoxy) is 3. The van der Waals surface area contributed by atoms with Crippen molar-refractivity contribution in [1.29, 1.82) is 0 Å². The summed E-state index contributed by atoms with van der Waals surface area (Å²) in [5, 5.41) is 0. The molecule has 1 aliphatic carbocycles. The van der Waals surface area contributed by atoms with Gasteiger partial charge in [0.05, 0.1) is 25.0 Å². The third kappa shape index (κ3) is 5.18. The lowest BCUT2D eigenvalue weighted by Crippen LogP contribution is -2.63. The van der Waals surface area contributed by atoms with Gasteiger partial charge in [-0.25, -0.2) is 0 Å². The van der Waals surface area contributed by atoms with Gasteiger partial charge in [0, 0.05) is 7.11 Å². The molecule has 5 heteroatoms. The van der Waals surface area contributed by atoms with Crippen LogP contribution >= 0.6 is 0 Å². The Kier molecular flexibility index (Phi) is 12.3. The molecule has 0 aromatic rings. The van der Waals surface area contributed by atoms with Crippen LogP contribution in [0.15, 0.2) is 0 Å². The lowest BCUT2D eigenvalue weighted by atomic mass is 9.37. The predicted molar refractivity (Wildman–Crippen MR) is 143 cm³/mol. The monoisotopic (exact) mass is 496 g/mol. The van der Waals surface area contributed by atoms with Gasteiger partial charge in [-0.1, -0.05) is 68.2 Å². The fraction of sp³-hybridized carbons (Fsp3) is 0.933. The normalized spacial score (nSPS) is 23.6. The highest BCUT2D eigenvalue weighted by Gasteiger charge is 2.68.